The first-order valence-corrected chi connectivity index (χ1v) is 12.5. The Bertz CT molecular complexity index is 1190. The van der Waals surface area contributed by atoms with Crippen molar-refractivity contribution >= 4 is 30.8 Å². The maximum Gasteiger partial charge on any atom is 0.407 e. The van der Waals surface area contributed by atoms with Crippen molar-refractivity contribution in [1.82, 2.24) is 5.32 Å². The number of nitrogens with two attached hydrogens (primary N) is 1. The zero-order valence-corrected chi connectivity index (χ0v) is 21.3. The summed E-state index contributed by atoms with van der Waals surface area (Å²) in [6.07, 6.45) is 0.775. The van der Waals surface area contributed by atoms with Crippen LogP contribution in [0.1, 0.15) is 43.7 Å². The molecule has 10 nitrogen and oxygen atoms in total. The summed E-state index contributed by atoms with van der Waals surface area (Å²) in [5, 5.41) is 22.8. The summed E-state index contributed by atoms with van der Waals surface area (Å²) in [5.41, 5.74) is 8.92. The lowest BCUT2D eigenvalue weighted by Crippen LogP contribution is -2.34. The summed E-state index contributed by atoms with van der Waals surface area (Å²) in [6.45, 7) is 5.87. The van der Waals surface area contributed by atoms with Crippen LogP contribution in [0.5, 0.6) is 23.0 Å². The van der Waals surface area contributed by atoms with Gasteiger partial charge in [-0.1, -0.05) is 12.1 Å². The molecule has 4 heterocycles. The SMILES string of the molecule is CC(C)(C)OC(=O)NCC1CB(O)c2ccc3c(c21)OCO3.NCC1CB(O)c2ccc3c(c21)OCO3. The maximum absolute atomic E-state index is 11.8. The molecule has 0 saturated carbocycles. The average molecular weight is 510 g/mol. The van der Waals surface area contributed by atoms with Crippen molar-refractivity contribution in [3.63, 3.8) is 0 Å². The highest BCUT2D eigenvalue weighted by Gasteiger charge is 2.39. The molecule has 1 amide bonds. The number of benzene rings is 2. The number of carbonyl (C=O) groups excluding carboxylic acids is 1. The standard InChI is InChI=1S/C15H20BNO5.C10H12BNO3/c1-15(2,3)22-14(18)17-7-9-6-16(19)10-4-5-11-13(12(9)10)21-8-20-11;12-4-6-3-11(13)7-1-2-8-10(9(6)7)15-5-14-8/h4-5,9,19H,6-8H2,1-3H3,(H,17,18);1-2,6,13H,3-5,12H2. The Morgan fingerprint density at radius 3 is 1.97 bits per heavy atom. The van der Waals surface area contributed by atoms with Crippen LogP contribution in [0, 0.1) is 0 Å². The number of carbonyl (C=O) groups is 1. The molecule has 2 unspecified atom stereocenters. The Hall–Kier alpha value is -3.08. The summed E-state index contributed by atoms with van der Waals surface area (Å²) in [5.74, 6) is 3.08. The molecule has 6 rings (SSSR count). The molecule has 2 aromatic carbocycles. The molecule has 0 saturated heterocycles. The fraction of sp³-hybridized carbons (Fsp3) is 0.480. The van der Waals surface area contributed by atoms with Gasteiger partial charge in [-0.25, -0.2) is 4.79 Å². The van der Waals surface area contributed by atoms with Gasteiger partial charge >= 0.3 is 19.9 Å². The number of ether oxygens (including phenoxy) is 5. The van der Waals surface area contributed by atoms with E-state index in [0.29, 0.717) is 37.2 Å². The highest BCUT2D eigenvalue weighted by Crippen LogP contribution is 2.43. The zero-order chi connectivity index (χ0) is 26.3. The minimum Gasteiger partial charge on any atom is -0.454 e. The number of hydrogen-bond donors (Lipinski definition) is 4. The predicted octanol–water partition coefficient (Wildman–Crippen LogP) is 0.890. The van der Waals surface area contributed by atoms with E-state index in [9.17, 15) is 14.8 Å². The first-order chi connectivity index (χ1) is 17.7. The molecule has 196 valence electrons. The molecule has 0 aromatic heterocycles. The van der Waals surface area contributed by atoms with Gasteiger partial charge in [0, 0.05) is 12.5 Å². The Morgan fingerprint density at radius 1 is 0.946 bits per heavy atom. The van der Waals surface area contributed by atoms with Crippen molar-refractivity contribution in [1.29, 1.82) is 0 Å². The molecule has 0 radical (unpaired) electrons. The van der Waals surface area contributed by atoms with Gasteiger partial charge in [0.25, 0.3) is 0 Å². The number of fused-ring (bicyclic) bond motifs is 6. The van der Waals surface area contributed by atoms with Crippen LogP contribution in [0.2, 0.25) is 12.6 Å². The van der Waals surface area contributed by atoms with Gasteiger partial charge < -0.3 is 44.8 Å². The van der Waals surface area contributed by atoms with Crippen molar-refractivity contribution < 1.29 is 38.5 Å². The van der Waals surface area contributed by atoms with Crippen molar-refractivity contribution in [3.05, 3.63) is 35.4 Å². The Labute approximate surface area is 216 Å². The van der Waals surface area contributed by atoms with E-state index < -0.39 is 25.5 Å². The van der Waals surface area contributed by atoms with Gasteiger partial charge in [0.15, 0.2) is 23.0 Å². The molecule has 2 aromatic rings. The molecule has 0 spiro atoms. The third kappa shape index (κ3) is 5.05. The minimum atomic E-state index is -0.546. The fourth-order valence-electron chi connectivity index (χ4n) is 5.39. The average Bonchev–Trinajstić information content (AvgIpc) is 3.62. The first kappa shape index (κ1) is 25.6. The van der Waals surface area contributed by atoms with Gasteiger partial charge in [-0.15, -0.1) is 0 Å². The molecule has 0 bridgehead atoms. The predicted molar refractivity (Wildman–Crippen MR) is 139 cm³/mol. The molecule has 0 aliphatic carbocycles. The second kappa shape index (κ2) is 10.00. The Kier molecular flexibility index (Phi) is 6.91. The van der Waals surface area contributed by atoms with Crippen LogP contribution in [0.3, 0.4) is 0 Å². The topological polar surface area (TPSA) is 142 Å². The number of alkyl carbamates (subject to hydrolysis) is 1. The van der Waals surface area contributed by atoms with E-state index in [1.165, 1.54) is 0 Å². The molecule has 5 N–H and O–H groups in total. The highest BCUT2D eigenvalue weighted by molar-refractivity contribution is 6.69. The van der Waals surface area contributed by atoms with Gasteiger partial charge in [-0.05, 0) is 80.1 Å². The lowest BCUT2D eigenvalue weighted by molar-refractivity contribution is 0.0525. The van der Waals surface area contributed by atoms with Gasteiger partial charge in [-0.3, -0.25) is 0 Å². The summed E-state index contributed by atoms with van der Waals surface area (Å²) >= 11 is 0. The van der Waals surface area contributed by atoms with E-state index in [0.717, 1.165) is 33.6 Å². The van der Waals surface area contributed by atoms with E-state index in [1.807, 2.05) is 45.0 Å². The Balaban J connectivity index is 0.000000162. The maximum atomic E-state index is 11.8. The first-order valence-electron chi connectivity index (χ1n) is 12.5. The number of nitrogens with one attached hydrogen (secondary N) is 1. The van der Waals surface area contributed by atoms with Crippen molar-refractivity contribution in [2.45, 2.75) is 50.8 Å². The van der Waals surface area contributed by atoms with Crippen LogP contribution in [0.25, 0.3) is 0 Å². The molecule has 37 heavy (non-hydrogen) atoms. The van der Waals surface area contributed by atoms with Gasteiger partial charge in [0.05, 0.1) is 0 Å². The normalized spacial score (nSPS) is 20.3. The number of rotatable bonds is 3. The van der Waals surface area contributed by atoms with Crippen LogP contribution >= 0.6 is 0 Å². The second-order valence-corrected chi connectivity index (χ2v) is 10.6. The molecule has 0 fully saturated rings. The lowest BCUT2D eigenvalue weighted by atomic mass is 9.62. The van der Waals surface area contributed by atoms with Crippen molar-refractivity contribution in [2.75, 3.05) is 26.7 Å². The highest BCUT2D eigenvalue weighted by atomic mass is 16.7. The van der Waals surface area contributed by atoms with Gasteiger partial charge in [0.2, 0.25) is 13.6 Å². The summed E-state index contributed by atoms with van der Waals surface area (Å²) in [7, 11) is 0. The van der Waals surface area contributed by atoms with Crippen LogP contribution in [-0.4, -0.2) is 62.2 Å². The summed E-state index contributed by atoms with van der Waals surface area (Å²) < 4.78 is 26.9. The lowest BCUT2D eigenvalue weighted by Gasteiger charge is -2.21. The third-order valence-corrected chi connectivity index (χ3v) is 6.95. The van der Waals surface area contributed by atoms with Crippen LogP contribution in [0.4, 0.5) is 4.79 Å². The fourth-order valence-corrected chi connectivity index (χ4v) is 5.39. The van der Waals surface area contributed by atoms with Crippen molar-refractivity contribution in [3.8, 4) is 23.0 Å². The molecular formula is C25H32B2N2O8. The molecular weight excluding hydrogens is 478 g/mol. The second-order valence-electron chi connectivity index (χ2n) is 10.6. The van der Waals surface area contributed by atoms with E-state index in [-0.39, 0.29) is 25.4 Å². The van der Waals surface area contributed by atoms with E-state index in [1.54, 1.807) is 0 Å². The van der Waals surface area contributed by atoms with Gasteiger partial charge in [0.1, 0.15) is 5.60 Å². The van der Waals surface area contributed by atoms with E-state index >= 15 is 0 Å². The number of amides is 1. The molecule has 2 atom stereocenters. The number of hydrogen-bond acceptors (Lipinski definition) is 9. The van der Waals surface area contributed by atoms with E-state index in [4.69, 9.17) is 29.4 Å². The van der Waals surface area contributed by atoms with Crippen LogP contribution in [-0.2, 0) is 4.74 Å². The Morgan fingerprint density at radius 2 is 1.46 bits per heavy atom. The smallest absolute Gasteiger partial charge is 0.407 e. The summed E-state index contributed by atoms with van der Waals surface area (Å²) in [4.78, 5) is 11.8. The van der Waals surface area contributed by atoms with Crippen LogP contribution < -0.4 is 40.9 Å². The third-order valence-electron chi connectivity index (χ3n) is 6.95. The zero-order valence-electron chi connectivity index (χ0n) is 21.3. The molecule has 4 aliphatic rings. The van der Waals surface area contributed by atoms with Crippen LogP contribution in [0.15, 0.2) is 24.3 Å². The molecule has 4 aliphatic heterocycles. The molecule has 12 heteroatoms. The largest absolute Gasteiger partial charge is 0.454 e. The summed E-state index contributed by atoms with van der Waals surface area (Å²) in [6, 6.07) is 7.43. The van der Waals surface area contributed by atoms with E-state index in [2.05, 4.69) is 5.32 Å². The monoisotopic (exact) mass is 510 g/mol. The van der Waals surface area contributed by atoms with Gasteiger partial charge in [-0.2, -0.15) is 0 Å². The quantitative estimate of drug-likeness (QED) is 0.443. The van der Waals surface area contributed by atoms with Crippen molar-refractivity contribution in [2.24, 2.45) is 5.73 Å². The minimum absolute atomic E-state index is 0.0193.